The van der Waals surface area contributed by atoms with Gasteiger partial charge in [0.25, 0.3) is 5.56 Å². The molecule has 1 aromatic heterocycles. The molecule has 0 saturated heterocycles. The molecule has 0 bridgehead atoms. The van der Waals surface area contributed by atoms with Gasteiger partial charge in [-0.2, -0.15) is 18.3 Å². The van der Waals surface area contributed by atoms with Crippen molar-refractivity contribution < 1.29 is 13.2 Å². The van der Waals surface area contributed by atoms with Crippen LogP contribution in [-0.4, -0.2) is 22.0 Å². The predicted molar refractivity (Wildman–Crippen MR) is 72.7 cm³/mol. The van der Waals surface area contributed by atoms with Gasteiger partial charge in [-0.25, -0.2) is 4.68 Å². The summed E-state index contributed by atoms with van der Waals surface area (Å²) in [7, 11) is 0. The quantitative estimate of drug-likeness (QED) is 0.884. The van der Waals surface area contributed by atoms with Crippen LogP contribution in [0.15, 0.2) is 15.5 Å². The minimum Gasteiger partial charge on any atom is -0.380 e. The zero-order valence-corrected chi connectivity index (χ0v) is 12.5. The Hall–Kier alpha value is -1.05. The molecule has 0 aliphatic heterocycles. The Morgan fingerprint density at radius 2 is 2.20 bits per heavy atom. The van der Waals surface area contributed by atoms with E-state index >= 15 is 0 Å². The molecule has 1 atom stereocenters. The van der Waals surface area contributed by atoms with Crippen LogP contribution in [0.5, 0.6) is 0 Å². The minimum absolute atomic E-state index is 0.224. The van der Waals surface area contributed by atoms with E-state index in [0.29, 0.717) is 18.2 Å². The largest absolute Gasteiger partial charge is 0.391 e. The predicted octanol–water partition coefficient (Wildman–Crippen LogP) is 3.17. The van der Waals surface area contributed by atoms with E-state index in [0.717, 1.165) is 12.8 Å². The van der Waals surface area contributed by atoms with Gasteiger partial charge in [0.15, 0.2) is 0 Å². The van der Waals surface area contributed by atoms with Gasteiger partial charge in [-0.05, 0) is 41.6 Å². The normalized spacial score (nSPS) is 17.1. The third-order valence-corrected chi connectivity index (χ3v) is 3.82. The van der Waals surface area contributed by atoms with Gasteiger partial charge in [-0.1, -0.05) is 0 Å². The molecule has 1 aliphatic carbocycles. The van der Waals surface area contributed by atoms with Crippen molar-refractivity contribution in [2.24, 2.45) is 5.92 Å². The Labute approximate surface area is 122 Å². The molecule has 0 spiro atoms. The van der Waals surface area contributed by atoms with E-state index in [9.17, 15) is 18.0 Å². The number of hydrogen-bond acceptors (Lipinski definition) is 3. The number of halogens is 4. The summed E-state index contributed by atoms with van der Waals surface area (Å²) in [6, 6.07) is -0.827. The molecule has 1 N–H and O–H groups in total. The van der Waals surface area contributed by atoms with Gasteiger partial charge in [0.1, 0.15) is 4.47 Å². The Bertz CT molecular complexity index is 540. The van der Waals surface area contributed by atoms with E-state index < -0.39 is 18.6 Å². The molecule has 1 aromatic rings. The standard InChI is InChI=1S/C12H15BrF3N3O/c1-7(4-12(14,15)16)18-9-5-17-19(6-8-2-3-8)11(20)10(9)13/h5,7-8,18H,2-4,6H2,1H3. The average Bonchev–Trinajstić information content (AvgIpc) is 3.10. The van der Waals surface area contributed by atoms with Gasteiger partial charge < -0.3 is 5.32 Å². The third kappa shape index (κ3) is 4.22. The first kappa shape index (κ1) is 15.3. The zero-order valence-electron chi connectivity index (χ0n) is 10.9. The number of hydrogen-bond donors (Lipinski definition) is 1. The highest BCUT2D eigenvalue weighted by Crippen LogP contribution is 2.30. The molecule has 2 rings (SSSR count). The second-order valence-electron chi connectivity index (χ2n) is 5.17. The Kier molecular flexibility index (Phi) is 4.41. The fraction of sp³-hybridized carbons (Fsp3) is 0.667. The summed E-state index contributed by atoms with van der Waals surface area (Å²) in [5.74, 6) is 0.495. The third-order valence-electron chi connectivity index (χ3n) is 3.05. The molecule has 4 nitrogen and oxygen atoms in total. The first-order valence-electron chi connectivity index (χ1n) is 6.35. The molecule has 1 aliphatic rings. The van der Waals surface area contributed by atoms with Crippen molar-refractivity contribution in [3.05, 3.63) is 21.0 Å². The molecule has 8 heteroatoms. The zero-order chi connectivity index (χ0) is 14.9. The van der Waals surface area contributed by atoms with E-state index in [1.807, 2.05) is 0 Å². The lowest BCUT2D eigenvalue weighted by Crippen LogP contribution is -2.28. The number of rotatable bonds is 5. The smallest absolute Gasteiger partial charge is 0.380 e. The van der Waals surface area contributed by atoms with Crippen LogP contribution in [0.2, 0.25) is 0 Å². The molecule has 1 unspecified atom stereocenters. The van der Waals surface area contributed by atoms with Crippen molar-refractivity contribution in [2.45, 2.75) is 44.9 Å². The van der Waals surface area contributed by atoms with E-state index in [1.54, 1.807) is 0 Å². The van der Waals surface area contributed by atoms with Crippen LogP contribution < -0.4 is 10.9 Å². The Morgan fingerprint density at radius 3 is 2.75 bits per heavy atom. The summed E-state index contributed by atoms with van der Waals surface area (Å²) in [6.07, 6.45) is -1.64. The SMILES string of the molecule is CC(CC(F)(F)F)Nc1cnn(CC2CC2)c(=O)c1Br. The van der Waals surface area contributed by atoms with Crippen molar-refractivity contribution in [1.29, 1.82) is 0 Å². The van der Waals surface area contributed by atoms with Crippen LogP contribution in [-0.2, 0) is 6.54 Å². The molecule has 1 heterocycles. The van der Waals surface area contributed by atoms with Crippen LogP contribution in [0.1, 0.15) is 26.2 Å². The number of nitrogens with zero attached hydrogens (tertiary/aromatic N) is 2. The second-order valence-corrected chi connectivity index (χ2v) is 5.96. The molecule has 1 saturated carbocycles. The first-order chi connectivity index (χ1) is 9.26. The van der Waals surface area contributed by atoms with Gasteiger partial charge in [-0.15, -0.1) is 0 Å². The van der Waals surface area contributed by atoms with Crippen molar-refractivity contribution in [1.82, 2.24) is 9.78 Å². The lowest BCUT2D eigenvalue weighted by molar-refractivity contribution is -0.136. The second kappa shape index (κ2) is 5.75. The van der Waals surface area contributed by atoms with E-state index in [1.165, 1.54) is 17.8 Å². The summed E-state index contributed by atoms with van der Waals surface area (Å²) in [5, 5.41) is 6.66. The molecule has 0 radical (unpaired) electrons. The topological polar surface area (TPSA) is 46.9 Å². The first-order valence-corrected chi connectivity index (χ1v) is 7.14. The van der Waals surface area contributed by atoms with E-state index in [4.69, 9.17) is 0 Å². The maximum absolute atomic E-state index is 12.3. The number of nitrogens with one attached hydrogen (secondary N) is 1. The highest BCUT2D eigenvalue weighted by Gasteiger charge is 2.30. The lowest BCUT2D eigenvalue weighted by atomic mass is 10.2. The molecule has 112 valence electrons. The Balaban J connectivity index is 2.08. The van der Waals surface area contributed by atoms with Gasteiger partial charge in [0.2, 0.25) is 0 Å². The van der Waals surface area contributed by atoms with Crippen molar-refractivity contribution in [2.75, 3.05) is 5.32 Å². The molecule has 1 fully saturated rings. The van der Waals surface area contributed by atoms with E-state index in [-0.39, 0.29) is 10.0 Å². The number of aromatic nitrogens is 2. The van der Waals surface area contributed by atoms with Crippen LogP contribution >= 0.6 is 15.9 Å². The Morgan fingerprint density at radius 1 is 1.55 bits per heavy atom. The van der Waals surface area contributed by atoms with Crippen LogP contribution in [0.3, 0.4) is 0 Å². The molecule has 20 heavy (non-hydrogen) atoms. The van der Waals surface area contributed by atoms with Gasteiger partial charge in [-0.3, -0.25) is 4.79 Å². The van der Waals surface area contributed by atoms with Crippen LogP contribution in [0, 0.1) is 5.92 Å². The van der Waals surface area contributed by atoms with Gasteiger partial charge >= 0.3 is 6.18 Å². The number of alkyl halides is 3. The maximum Gasteiger partial charge on any atom is 0.391 e. The fourth-order valence-electron chi connectivity index (χ4n) is 1.90. The maximum atomic E-state index is 12.3. The van der Waals surface area contributed by atoms with Crippen LogP contribution in [0.25, 0.3) is 0 Å². The van der Waals surface area contributed by atoms with Crippen LogP contribution in [0.4, 0.5) is 18.9 Å². The molecule has 0 amide bonds. The lowest BCUT2D eigenvalue weighted by Gasteiger charge is -2.18. The highest BCUT2D eigenvalue weighted by molar-refractivity contribution is 9.10. The van der Waals surface area contributed by atoms with Gasteiger partial charge in [0, 0.05) is 12.6 Å². The summed E-state index contributed by atoms with van der Waals surface area (Å²) < 4.78 is 38.4. The molecular weight excluding hydrogens is 339 g/mol. The number of anilines is 1. The summed E-state index contributed by atoms with van der Waals surface area (Å²) in [4.78, 5) is 12.0. The average molecular weight is 354 g/mol. The van der Waals surface area contributed by atoms with Crippen molar-refractivity contribution in [3.63, 3.8) is 0 Å². The van der Waals surface area contributed by atoms with Crippen molar-refractivity contribution in [3.8, 4) is 0 Å². The summed E-state index contributed by atoms with van der Waals surface area (Å²) >= 11 is 3.13. The monoisotopic (exact) mass is 353 g/mol. The molecular formula is C12H15BrF3N3O. The van der Waals surface area contributed by atoms with E-state index in [2.05, 4.69) is 26.3 Å². The summed E-state index contributed by atoms with van der Waals surface area (Å²) in [5.41, 5.74) is -0.0279. The fourth-order valence-corrected chi connectivity index (χ4v) is 2.33. The van der Waals surface area contributed by atoms with Gasteiger partial charge in [0.05, 0.1) is 18.3 Å². The highest BCUT2D eigenvalue weighted by atomic mass is 79.9. The van der Waals surface area contributed by atoms with Crippen molar-refractivity contribution >= 4 is 21.6 Å². The minimum atomic E-state index is -4.24. The molecule has 0 aromatic carbocycles. The summed E-state index contributed by atoms with van der Waals surface area (Å²) in [6.45, 7) is 1.98.